The highest BCUT2D eigenvalue weighted by Crippen LogP contribution is 2.31. The zero-order chi connectivity index (χ0) is 19.2. The van der Waals surface area contributed by atoms with Crippen LogP contribution >= 0.6 is 22.9 Å². The molecule has 0 atom stereocenters. The van der Waals surface area contributed by atoms with Gasteiger partial charge in [0, 0.05) is 17.6 Å². The van der Waals surface area contributed by atoms with Crippen LogP contribution in [0.4, 0.5) is 5.13 Å². The maximum atomic E-state index is 12.9. The molecule has 27 heavy (non-hydrogen) atoms. The largest absolute Gasteiger partial charge is 0.309 e. The van der Waals surface area contributed by atoms with Crippen molar-refractivity contribution in [1.82, 2.24) is 9.88 Å². The molecule has 0 aliphatic rings. The van der Waals surface area contributed by atoms with E-state index < -0.39 is 0 Å². The highest BCUT2D eigenvalue weighted by molar-refractivity contribution is 7.22. The molecule has 1 amide bonds. The first-order chi connectivity index (χ1) is 13.0. The van der Waals surface area contributed by atoms with E-state index in [1.807, 2.05) is 68.7 Å². The summed E-state index contributed by atoms with van der Waals surface area (Å²) in [5, 5.41) is 1.38. The number of carbonyl (C=O) groups is 1. The molecule has 0 aliphatic heterocycles. The minimum atomic E-state index is -0.0669. The average Bonchev–Trinajstić information content (AvgIpc) is 3.06. The second-order valence-corrected chi connectivity index (χ2v) is 7.94. The third kappa shape index (κ3) is 5.39. The highest BCUT2D eigenvalue weighted by Gasteiger charge is 2.18. The van der Waals surface area contributed by atoms with Gasteiger partial charge in [0.05, 0.1) is 10.2 Å². The van der Waals surface area contributed by atoms with Gasteiger partial charge in [0.25, 0.3) is 5.91 Å². The third-order valence-corrected chi connectivity index (χ3v) is 5.32. The number of fused-ring (bicyclic) bond motifs is 1. The summed E-state index contributed by atoms with van der Waals surface area (Å²) < 4.78 is 0.981. The van der Waals surface area contributed by atoms with Gasteiger partial charge in [-0.3, -0.25) is 9.69 Å². The Labute approximate surface area is 168 Å². The van der Waals surface area contributed by atoms with E-state index in [0.29, 0.717) is 16.7 Å². The van der Waals surface area contributed by atoms with Gasteiger partial charge in [0.1, 0.15) is 0 Å². The maximum Gasteiger partial charge on any atom is 0.252 e. The molecule has 140 valence electrons. The van der Waals surface area contributed by atoms with Crippen molar-refractivity contribution >= 4 is 50.3 Å². The van der Waals surface area contributed by atoms with E-state index in [9.17, 15) is 4.79 Å². The molecule has 0 bridgehead atoms. The van der Waals surface area contributed by atoms with Crippen LogP contribution in [-0.4, -0.2) is 43.0 Å². The van der Waals surface area contributed by atoms with Crippen LogP contribution in [0.3, 0.4) is 0 Å². The molecule has 0 saturated carbocycles. The lowest BCUT2D eigenvalue weighted by Crippen LogP contribution is -2.32. The standard InChI is InChI=1S/C21H22ClN3OS/c1-24(2)13-6-14-25(20(26)12-9-16-7-4-3-5-8-16)21-23-18-11-10-17(22)15-19(18)27-21/h3-5,7-12,15H,6,13-14H2,1-2H3/b12-9+. The molecule has 6 heteroatoms. The fourth-order valence-corrected chi connectivity index (χ4v) is 3.94. The van der Waals surface area contributed by atoms with Gasteiger partial charge in [-0.05, 0) is 56.9 Å². The van der Waals surface area contributed by atoms with Crippen molar-refractivity contribution in [3.63, 3.8) is 0 Å². The van der Waals surface area contributed by atoms with Crippen molar-refractivity contribution in [1.29, 1.82) is 0 Å². The van der Waals surface area contributed by atoms with Crippen LogP contribution in [0.2, 0.25) is 5.02 Å². The third-order valence-electron chi connectivity index (χ3n) is 4.04. The Morgan fingerprint density at radius 2 is 1.93 bits per heavy atom. The fourth-order valence-electron chi connectivity index (χ4n) is 2.67. The lowest BCUT2D eigenvalue weighted by molar-refractivity contribution is -0.114. The number of anilines is 1. The van der Waals surface area contributed by atoms with Crippen LogP contribution in [0.1, 0.15) is 12.0 Å². The molecule has 3 aromatic rings. The number of benzene rings is 2. The second-order valence-electron chi connectivity index (χ2n) is 6.50. The molecular weight excluding hydrogens is 378 g/mol. The van der Waals surface area contributed by atoms with E-state index in [4.69, 9.17) is 11.6 Å². The lowest BCUT2D eigenvalue weighted by Gasteiger charge is -2.19. The summed E-state index contributed by atoms with van der Waals surface area (Å²) in [4.78, 5) is 21.4. The van der Waals surface area contributed by atoms with Crippen LogP contribution in [0.15, 0.2) is 54.6 Å². The number of thiazole rings is 1. The molecule has 0 fully saturated rings. The smallest absolute Gasteiger partial charge is 0.252 e. The van der Waals surface area contributed by atoms with Crippen LogP contribution in [-0.2, 0) is 4.79 Å². The van der Waals surface area contributed by atoms with E-state index in [2.05, 4.69) is 9.88 Å². The number of carbonyl (C=O) groups excluding carboxylic acids is 1. The normalized spacial score (nSPS) is 11.6. The Kier molecular flexibility index (Phi) is 6.61. The first-order valence-electron chi connectivity index (χ1n) is 8.78. The zero-order valence-corrected chi connectivity index (χ0v) is 17.0. The number of rotatable bonds is 7. The molecule has 3 rings (SSSR count). The number of amides is 1. The number of halogens is 1. The van der Waals surface area contributed by atoms with Gasteiger partial charge >= 0.3 is 0 Å². The van der Waals surface area contributed by atoms with E-state index in [-0.39, 0.29) is 5.91 Å². The predicted octanol–water partition coefficient (Wildman–Crippen LogP) is 4.95. The van der Waals surface area contributed by atoms with Gasteiger partial charge in [-0.25, -0.2) is 4.98 Å². The molecule has 0 N–H and O–H groups in total. The summed E-state index contributed by atoms with van der Waals surface area (Å²) >= 11 is 7.58. The Hall–Kier alpha value is -2.21. The fraction of sp³-hybridized carbons (Fsp3) is 0.238. The molecule has 0 spiro atoms. The zero-order valence-electron chi connectivity index (χ0n) is 15.4. The van der Waals surface area contributed by atoms with Crippen molar-refractivity contribution < 1.29 is 4.79 Å². The van der Waals surface area contributed by atoms with Crippen molar-refractivity contribution in [3.05, 3.63) is 65.2 Å². The molecular formula is C21H22ClN3OS. The van der Waals surface area contributed by atoms with Gasteiger partial charge in [-0.15, -0.1) is 0 Å². The molecule has 1 heterocycles. The Balaban J connectivity index is 1.84. The first kappa shape index (κ1) is 19.5. The maximum absolute atomic E-state index is 12.9. The summed E-state index contributed by atoms with van der Waals surface area (Å²) in [5.74, 6) is -0.0669. The van der Waals surface area contributed by atoms with E-state index in [1.165, 1.54) is 11.3 Å². The van der Waals surface area contributed by atoms with Gasteiger partial charge < -0.3 is 4.90 Å². The molecule has 0 aliphatic carbocycles. The van der Waals surface area contributed by atoms with Crippen molar-refractivity contribution in [2.45, 2.75) is 6.42 Å². The van der Waals surface area contributed by atoms with E-state index in [0.717, 1.165) is 28.7 Å². The monoisotopic (exact) mass is 399 g/mol. The SMILES string of the molecule is CN(C)CCCN(C(=O)/C=C/c1ccccc1)c1nc2ccc(Cl)cc2s1. The molecule has 1 aromatic heterocycles. The van der Waals surface area contributed by atoms with Gasteiger partial charge in [0.2, 0.25) is 0 Å². The molecule has 0 saturated heterocycles. The summed E-state index contributed by atoms with van der Waals surface area (Å²) in [6, 6.07) is 15.4. The molecule has 4 nitrogen and oxygen atoms in total. The van der Waals surface area contributed by atoms with Crippen molar-refractivity contribution in [3.8, 4) is 0 Å². The Morgan fingerprint density at radius 3 is 2.67 bits per heavy atom. The van der Waals surface area contributed by atoms with E-state index >= 15 is 0 Å². The van der Waals surface area contributed by atoms with Gasteiger partial charge in [-0.2, -0.15) is 0 Å². The van der Waals surface area contributed by atoms with Crippen LogP contribution in [0.25, 0.3) is 16.3 Å². The van der Waals surface area contributed by atoms with Crippen molar-refractivity contribution in [2.75, 3.05) is 32.1 Å². The summed E-state index contributed by atoms with van der Waals surface area (Å²) in [6.45, 7) is 1.52. The quantitative estimate of drug-likeness (QED) is 0.527. The van der Waals surface area contributed by atoms with Gasteiger partial charge in [-0.1, -0.05) is 53.3 Å². The number of hydrogen-bond acceptors (Lipinski definition) is 4. The van der Waals surface area contributed by atoms with Crippen LogP contribution in [0, 0.1) is 0 Å². The summed E-state index contributed by atoms with van der Waals surface area (Å²) in [7, 11) is 4.06. The topological polar surface area (TPSA) is 36.4 Å². The number of hydrogen-bond donors (Lipinski definition) is 0. The first-order valence-corrected chi connectivity index (χ1v) is 9.98. The summed E-state index contributed by atoms with van der Waals surface area (Å²) in [6.07, 6.45) is 4.32. The molecule has 0 radical (unpaired) electrons. The number of nitrogens with zero attached hydrogens (tertiary/aromatic N) is 3. The predicted molar refractivity (Wildman–Crippen MR) is 116 cm³/mol. The van der Waals surface area contributed by atoms with Crippen molar-refractivity contribution in [2.24, 2.45) is 0 Å². The minimum Gasteiger partial charge on any atom is -0.309 e. The van der Waals surface area contributed by atoms with E-state index in [1.54, 1.807) is 11.0 Å². The van der Waals surface area contributed by atoms with Gasteiger partial charge in [0.15, 0.2) is 5.13 Å². The highest BCUT2D eigenvalue weighted by atomic mass is 35.5. The average molecular weight is 400 g/mol. The van der Waals surface area contributed by atoms with Crippen LogP contribution in [0.5, 0.6) is 0 Å². The minimum absolute atomic E-state index is 0.0669. The lowest BCUT2D eigenvalue weighted by atomic mass is 10.2. The summed E-state index contributed by atoms with van der Waals surface area (Å²) in [5.41, 5.74) is 1.85. The Morgan fingerprint density at radius 1 is 1.15 bits per heavy atom. The number of aromatic nitrogens is 1. The molecule has 2 aromatic carbocycles. The Bertz CT molecular complexity index is 937. The molecule has 0 unspecified atom stereocenters. The second kappa shape index (κ2) is 9.13. The van der Waals surface area contributed by atoms with Crippen LogP contribution < -0.4 is 4.90 Å².